The molecule has 1 aliphatic carbocycles. The van der Waals surface area contributed by atoms with Gasteiger partial charge in [0.15, 0.2) is 11.6 Å². The Bertz CT molecular complexity index is 1580. The number of aromatic nitrogens is 2. The second-order valence-electron chi connectivity index (χ2n) is 15.9. The molecule has 1 saturated carbocycles. The van der Waals surface area contributed by atoms with E-state index in [9.17, 15) is 5.11 Å². The molecule has 4 N–H and O–H groups in total. The minimum atomic E-state index is -0.834. The third kappa shape index (κ3) is 8.45. The Labute approximate surface area is 274 Å². The highest BCUT2D eigenvalue weighted by Gasteiger charge is 2.38. The largest absolute Gasteiger partial charge is 0.485 e. The number of anilines is 1. The van der Waals surface area contributed by atoms with Gasteiger partial charge in [-0.15, -0.1) is 11.3 Å². The van der Waals surface area contributed by atoms with Crippen molar-refractivity contribution < 1.29 is 9.84 Å². The lowest BCUT2D eigenvalue weighted by Crippen LogP contribution is -2.51. The van der Waals surface area contributed by atoms with Gasteiger partial charge in [0, 0.05) is 48.1 Å². The number of pyridine rings is 1. The van der Waals surface area contributed by atoms with E-state index in [-0.39, 0.29) is 16.4 Å². The van der Waals surface area contributed by atoms with Gasteiger partial charge in [-0.25, -0.2) is 20.4 Å². The molecule has 2 aliphatic rings. The maximum atomic E-state index is 10.4. The maximum Gasteiger partial charge on any atom is 0.166 e. The Hall–Kier alpha value is -2.96. The number of rotatable bonds is 6. The normalized spacial score (nSPS) is 17.6. The van der Waals surface area contributed by atoms with Gasteiger partial charge in [-0.3, -0.25) is 0 Å². The summed E-state index contributed by atoms with van der Waals surface area (Å²) >= 11 is 1.74. The molecule has 45 heavy (non-hydrogen) atoms. The summed E-state index contributed by atoms with van der Waals surface area (Å²) in [6.07, 6.45) is 7.41. The van der Waals surface area contributed by atoms with Gasteiger partial charge in [0.1, 0.15) is 12.2 Å². The van der Waals surface area contributed by atoms with Crippen LogP contribution >= 0.6 is 11.3 Å². The van der Waals surface area contributed by atoms with E-state index in [0.717, 1.165) is 60.3 Å². The molecule has 0 radical (unpaired) electrons. The number of nitrogens with two attached hydrogens (primary N) is 1. The van der Waals surface area contributed by atoms with Crippen LogP contribution in [0.25, 0.3) is 10.4 Å². The van der Waals surface area contributed by atoms with Crippen LogP contribution in [0.3, 0.4) is 0 Å². The lowest BCUT2D eigenvalue weighted by Gasteiger charge is -2.36. The van der Waals surface area contributed by atoms with Crippen molar-refractivity contribution in [3.63, 3.8) is 0 Å². The molecule has 0 bridgehead atoms. The van der Waals surface area contributed by atoms with Gasteiger partial charge in [-0.1, -0.05) is 53.4 Å². The van der Waals surface area contributed by atoms with Crippen LogP contribution in [-0.4, -0.2) is 44.3 Å². The minimum Gasteiger partial charge on any atom is -0.485 e. The molecule has 5 rings (SSSR count). The summed E-state index contributed by atoms with van der Waals surface area (Å²) in [4.78, 5) is 10.4. The van der Waals surface area contributed by atoms with Crippen LogP contribution in [0, 0.1) is 11.8 Å². The van der Waals surface area contributed by atoms with Crippen LogP contribution in [0.15, 0.2) is 30.6 Å². The topological polar surface area (TPSA) is 96.5 Å². The van der Waals surface area contributed by atoms with Crippen LogP contribution in [0.4, 0.5) is 5.82 Å². The van der Waals surface area contributed by atoms with Crippen molar-refractivity contribution in [1.29, 1.82) is 0 Å². The van der Waals surface area contributed by atoms with Crippen molar-refractivity contribution >= 4 is 17.2 Å². The molecule has 242 valence electrons. The molecule has 0 amide bonds. The number of hydrogen-bond acceptors (Lipinski definition) is 8. The van der Waals surface area contributed by atoms with E-state index in [0.29, 0.717) is 24.1 Å². The van der Waals surface area contributed by atoms with Crippen molar-refractivity contribution in [1.82, 2.24) is 20.4 Å². The Balaban J connectivity index is 1.37. The van der Waals surface area contributed by atoms with E-state index in [2.05, 4.69) is 102 Å². The Morgan fingerprint density at radius 3 is 2.29 bits per heavy atom. The predicted molar refractivity (Wildman–Crippen MR) is 185 cm³/mol. The second-order valence-corrected chi connectivity index (χ2v) is 17.0. The van der Waals surface area contributed by atoms with Crippen molar-refractivity contribution in [3.05, 3.63) is 57.9 Å². The number of nitrogens with one attached hydrogen (secondary N) is 1. The number of ether oxygens (including phenoxy) is 1. The summed E-state index contributed by atoms with van der Waals surface area (Å²) < 4.78 is 6.46. The van der Waals surface area contributed by atoms with Crippen LogP contribution in [0.5, 0.6) is 5.75 Å². The first kappa shape index (κ1) is 33.4. The quantitative estimate of drug-likeness (QED) is 0.246. The highest BCUT2D eigenvalue weighted by molar-refractivity contribution is 7.15. The number of thiazole rings is 1. The maximum absolute atomic E-state index is 10.4. The summed E-state index contributed by atoms with van der Waals surface area (Å²) in [6, 6.07) is 6.29. The molecule has 1 aromatic carbocycles. The van der Waals surface area contributed by atoms with Crippen molar-refractivity contribution in [2.24, 2.45) is 0 Å². The zero-order valence-corrected chi connectivity index (χ0v) is 29.4. The number of aliphatic hydroxyl groups is 1. The van der Waals surface area contributed by atoms with Crippen LogP contribution in [0.2, 0.25) is 0 Å². The lowest BCUT2D eigenvalue weighted by molar-refractivity contribution is 0.0957. The fraction of sp³-hybridized carbons (Fsp3) is 0.568. The molecule has 3 heterocycles. The van der Waals surface area contributed by atoms with Gasteiger partial charge in [0.2, 0.25) is 0 Å². The van der Waals surface area contributed by atoms with Gasteiger partial charge >= 0.3 is 0 Å². The molecule has 7 nitrogen and oxygen atoms in total. The number of piperidine rings is 1. The van der Waals surface area contributed by atoms with E-state index in [1.807, 2.05) is 18.5 Å². The average Bonchev–Trinajstić information content (AvgIpc) is 3.47. The highest BCUT2D eigenvalue weighted by Crippen LogP contribution is 2.40. The number of benzene rings is 1. The third-order valence-electron chi connectivity index (χ3n) is 8.35. The van der Waals surface area contributed by atoms with Gasteiger partial charge in [0.25, 0.3) is 0 Å². The molecule has 0 atom stereocenters. The SMILES string of the molecule is CC(C)(C)NN1CCC(c2ncc(-c3cnc(N)c(OCc4cc(C#CC5(O)CC5)cc(C(C)(C)C)c4C(C)(C)C)c3)s2)CC1. The molecule has 8 heteroatoms. The highest BCUT2D eigenvalue weighted by atomic mass is 32.1. The van der Waals surface area contributed by atoms with Crippen LogP contribution < -0.4 is 15.9 Å². The fourth-order valence-corrected chi connectivity index (χ4v) is 7.05. The van der Waals surface area contributed by atoms with Gasteiger partial charge in [-0.2, -0.15) is 0 Å². The van der Waals surface area contributed by atoms with E-state index in [4.69, 9.17) is 15.5 Å². The van der Waals surface area contributed by atoms with E-state index < -0.39 is 5.60 Å². The summed E-state index contributed by atoms with van der Waals surface area (Å²) in [7, 11) is 0. The van der Waals surface area contributed by atoms with Gasteiger partial charge in [0.05, 0.1) is 9.88 Å². The Morgan fingerprint density at radius 2 is 1.69 bits per heavy atom. The standard InChI is InChI=1S/C37H51N5O2S/c1-34(2,3)28-19-24(10-13-37(43)14-15-37)18-27(31(28)35(4,5)6)23-44-29-20-26(21-39-32(29)38)30-22-40-33(45-30)25-11-16-42(17-12-25)41-36(7,8)9/h18-22,25,41,43H,11-12,14-17,23H2,1-9H3,(H2,38,39). The zero-order chi connectivity index (χ0) is 32.8. The van der Waals surface area contributed by atoms with E-state index >= 15 is 0 Å². The summed E-state index contributed by atoms with van der Waals surface area (Å²) in [5, 5.41) is 13.9. The molecule has 2 fully saturated rings. The first-order chi connectivity index (χ1) is 20.9. The van der Waals surface area contributed by atoms with Gasteiger partial charge in [-0.05, 0) is 92.2 Å². The minimum absolute atomic E-state index is 0.0720. The predicted octanol–water partition coefficient (Wildman–Crippen LogP) is 7.32. The molecular formula is C37H51N5O2S. The Kier molecular flexibility index (Phi) is 9.16. The summed E-state index contributed by atoms with van der Waals surface area (Å²) in [6.45, 7) is 22.4. The average molecular weight is 630 g/mol. The second kappa shape index (κ2) is 12.3. The van der Waals surface area contributed by atoms with E-state index in [1.165, 1.54) is 16.1 Å². The molecule has 0 unspecified atom stereocenters. The van der Waals surface area contributed by atoms with Crippen molar-refractivity contribution in [2.45, 2.75) is 122 Å². The molecule has 1 aliphatic heterocycles. The number of hydrazine groups is 1. The van der Waals surface area contributed by atoms with Crippen molar-refractivity contribution in [3.8, 4) is 28.0 Å². The zero-order valence-electron chi connectivity index (χ0n) is 28.6. The monoisotopic (exact) mass is 629 g/mol. The molecular weight excluding hydrogens is 579 g/mol. The summed E-state index contributed by atoms with van der Waals surface area (Å²) in [5.41, 5.74) is 14.4. The van der Waals surface area contributed by atoms with Crippen LogP contribution in [-0.2, 0) is 17.4 Å². The van der Waals surface area contributed by atoms with Crippen LogP contribution in [0.1, 0.15) is 121 Å². The molecule has 2 aromatic heterocycles. The number of hydrogen-bond donors (Lipinski definition) is 3. The summed E-state index contributed by atoms with van der Waals surface area (Å²) in [5.74, 6) is 7.72. The number of nitrogens with zero attached hydrogens (tertiary/aromatic N) is 3. The molecule has 1 saturated heterocycles. The Morgan fingerprint density at radius 1 is 1.00 bits per heavy atom. The third-order valence-corrected chi connectivity index (χ3v) is 9.56. The fourth-order valence-electron chi connectivity index (χ4n) is 5.98. The van der Waals surface area contributed by atoms with Crippen molar-refractivity contribution in [2.75, 3.05) is 18.8 Å². The smallest absolute Gasteiger partial charge is 0.166 e. The number of nitrogen functional groups attached to an aromatic ring is 1. The first-order valence-corrected chi connectivity index (χ1v) is 17.0. The van der Waals surface area contributed by atoms with Gasteiger partial charge < -0.3 is 15.6 Å². The lowest BCUT2D eigenvalue weighted by atomic mass is 9.72. The first-order valence-electron chi connectivity index (χ1n) is 16.2. The molecule has 3 aromatic rings. The van der Waals surface area contributed by atoms with E-state index in [1.54, 1.807) is 11.3 Å². The molecule has 0 spiro atoms.